The number of fused-ring (bicyclic) bond motifs is 4. The van der Waals surface area contributed by atoms with E-state index in [2.05, 4.69) is 48.0 Å². The lowest BCUT2D eigenvalue weighted by Crippen LogP contribution is -2.39. The Morgan fingerprint density at radius 3 is 2.68 bits per heavy atom. The fourth-order valence-corrected chi connectivity index (χ4v) is 5.52. The van der Waals surface area contributed by atoms with E-state index >= 15 is 0 Å². The van der Waals surface area contributed by atoms with Gasteiger partial charge in [0.25, 0.3) is 0 Å². The number of carbonyl (C=O) groups excluding carboxylic acids is 1. The molecule has 0 aliphatic heterocycles. The molecule has 0 saturated carbocycles. The second kappa shape index (κ2) is 10.8. The van der Waals surface area contributed by atoms with Gasteiger partial charge in [-0.1, -0.05) is 6.07 Å². The van der Waals surface area contributed by atoms with E-state index in [4.69, 9.17) is 10.5 Å². The zero-order valence-corrected chi connectivity index (χ0v) is 23.6. The molecule has 3 heterocycles. The van der Waals surface area contributed by atoms with Crippen molar-refractivity contribution in [3.63, 3.8) is 0 Å². The molecule has 0 bridgehead atoms. The third kappa shape index (κ3) is 5.98. The summed E-state index contributed by atoms with van der Waals surface area (Å²) in [6.45, 7) is 5.61. The molecule has 0 radical (unpaired) electrons. The predicted octanol–water partition coefficient (Wildman–Crippen LogP) is 4.71. The number of amides is 1. The van der Waals surface area contributed by atoms with Gasteiger partial charge in [0.15, 0.2) is 5.82 Å². The third-order valence-corrected chi connectivity index (χ3v) is 7.42. The SMILES string of the molecule is CC(C)(C)OC(=O)N[C@@H]1CCc2ccc(Nc3nc(N)n(-c4cc5c(nn4)-c4cccnc4CCC5)n3)cc2CC1. The lowest BCUT2D eigenvalue weighted by Gasteiger charge is -2.22. The van der Waals surface area contributed by atoms with E-state index in [1.807, 2.05) is 51.2 Å². The van der Waals surface area contributed by atoms with E-state index in [0.29, 0.717) is 11.8 Å². The molecule has 212 valence electrons. The molecule has 41 heavy (non-hydrogen) atoms. The van der Waals surface area contributed by atoms with E-state index < -0.39 is 5.60 Å². The standard InChI is InChI=1S/C30H35N9O2/c1-30(2,3)41-29(40)34-21-12-9-18-10-14-22(16-19(18)11-13-21)33-28-35-27(31)39(38-28)25-17-20-6-4-8-24-23(7-5-15-32-24)26(20)37-36-25/h5,7,10,14-17,21H,4,6,8-9,11-13H2,1-3H3,(H,34,40)(H3,31,33,35,38)/t21-/m1/s1. The van der Waals surface area contributed by atoms with Gasteiger partial charge in [-0.3, -0.25) is 4.98 Å². The van der Waals surface area contributed by atoms with Crippen molar-refractivity contribution in [2.24, 2.45) is 0 Å². The van der Waals surface area contributed by atoms with Crippen molar-refractivity contribution in [1.29, 1.82) is 0 Å². The Morgan fingerprint density at radius 2 is 1.85 bits per heavy atom. The van der Waals surface area contributed by atoms with E-state index in [1.165, 1.54) is 15.8 Å². The highest BCUT2D eigenvalue weighted by Crippen LogP contribution is 2.31. The Kier molecular flexibility index (Phi) is 7.02. The van der Waals surface area contributed by atoms with Crippen molar-refractivity contribution in [2.75, 3.05) is 11.1 Å². The zero-order valence-electron chi connectivity index (χ0n) is 23.6. The number of hydrogen-bond acceptors (Lipinski definition) is 9. The molecule has 11 nitrogen and oxygen atoms in total. The molecular formula is C30H35N9O2. The first-order valence-electron chi connectivity index (χ1n) is 14.1. The smallest absolute Gasteiger partial charge is 0.407 e. The summed E-state index contributed by atoms with van der Waals surface area (Å²) in [4.78, 5) is 21.2. The number of ether oxygens (including phenoxy) is 1. The minimum absolute atomic E-state index is 0.0672. The molecule has 0 spiro atoms. The molecule has 1 aromatic carbocycles. The number of carbonyl (C=O) groups is 1. The summed E-state index contributed by atoms with van der Waals surface area (Å²) in [5.74, 6) is 1.13. The average molecular weight is 554 g/mol. The highest BCUT2D eigenvalue weighted by atomic mass is 16.6. The van der Waals surface area contributed by atoms with Gasteiger partial charge in [-0.25, -0.2) is 4.79 Å². The van der Waals surface area contributed by atoms with Gasteiger partial charge in [0.05, 0.1) is 5.69 Å². The summed E-state index contributed by atoms with van der Waals surface area (Å²) >= 11 is 0. The molecule has 1 amide bonds. The first-order valence-corrected chi connectivity index (χ1v) is 14.1. The number of anilines is 3. The van der Waals surface area contributed by atoms with Crippen LogP contribution in [0.15, 0.2) is 42.6 Å². The van der Waals surface area contributed by atoms with Crippen molar-refractivity contribution in [1.82, 2.24) is 35.3 Å². The first kappa shape index (κ1) is 26.7. The monoisotopic (exact) mass is 553 g/mol. The van der Waals surface area contributed by atoms with Crippen molar-refractivity contribution >= 4 is 23.7 Å². The number of nitrogen functional groups attached to an aromatic ring is 1. The van der Waals surface area contributed by atoms with Gasteiger partial charge in [-0.2, -0.15) is 9.67 Å². The second-order valence-corrected chi connectivity index (χ2v) is 11.7. The van der Waals surface area contributed by atoms with Gasteiger partial charge in [0.2, 0.25) is 11.9 Å². The van der Waals surface area contributed by atoms with Crippen LogP contribution in [0.25, 0.3) is 17.1 Å². The van der Waals surface area contributed by atoms with Gasteiger partial charge < -0.3 is 21.1 Å². The number of nitrogens with two attached hydrogens (primary N) is 1. The fourth-order valence-electron chi connectivity index (χ4n) is 5.52. The maximum absolute atomic E-state index is 12.3. The van der Waals surface area contributed by atoms with Crippen LogP contribution >= 0.6 is 0 Å². The number of aromatic nitrogens is 6. The van der Waals surface area contributed by atoms with Crippen LogP contribution in [0.2, 0.25) is 0 Å². The zero-order chi connectivity index (χ0) is 28.6. The molecule has 4 aromatic rings. The van der Waals surface area contributed by atoms with Gasteiger partial charge in [0.1, 0.15) is 5.60 Å². The normalized spacial score (nSPS) is 16.4. The fraction of sp³-hybridized carbons (Fsp3) is 0.400. The summed E-state index contributed by atoms with van der Waals surface area (Å²) in [5, 5.41) is 19.9. The molecule has 0 unspecified atom stereocenters. The van der Waals surface area contributed by atoms with Crippen molar-refractivity contribution in [2.45, 2.75) is 77.4 Å². The van der Waals surface area contributed by atoms with Crippen LogP contribution < -0.4 is 16.4 Å². The second-order valence-electron chi connectivity index (χ2n) is 11.7. The first-order chi connectivity index (χ1) is 19.7. The van der Waals surface area contributed by atoms with Crippen molar-refractivity contribution in [3.8, 4) is 17.1 Å². The number of nitrogens with one attached hydrogen (secondary N) is 2. The summed E-state index contributed by atoms with van der Waals surface area (Å²) < 4.78 is 6.95. The van der Waals surface area contributed by atoms with Crippen LogP contribution in [0.4, 0.5) is 22.4 Å². The van der Waals surface area contributed by atoms with Crippen LogP contribution in [0.5, 0.6) is 0 Å². The topological polar surface area (TPSA) is 146 Å². The number of pyridine rings is 1. The minimum atomic E-state index is -0.515. The summed E-state index contributed by atoms with van der Waals surface area (Å²) in [6.07, 6.45) is 7.65. The van der Waals surface area contributed by atoms with Gasteiger partial charge in [-0.15, -0.1) is 15.3 Å². The van der Waals surface area contributed by atoms with Gasteiger partial charge in [0, 0.05) is 29.2 Å². The molecule has 1 atom stereocenters. The van der Waals surface area contributed by atoms with E-state index in [0.717, 1.165) is 73.1 Å². The number of nitrogens with zero attached hydrogens (tertiary/aromatic N) is 6. The summed E-state index contributed by atoms with van der Waals surface area (Å²) in [6, 6.07) is 12.3. The van der Waals surface area contributed by atoms with Crippen LogP contribution in [0.1, 0.15) is 62.4 Å². The number of rotatable bonds is 4. The van der Waals surface area contributed by atoms with Crippen molar-refractivity contribution in [3.05, 3.63) is 65.0 Å². The van der Waals surface area contributed by atoms with Gasteiger partial charge in [-0.05, 0) is 113 Å². The van der Waals surface area contributed by atoms with Crippen LogP contribution in [-0.4, -0.2) is 47.7 Å². The Morgan fingerprint density at radius 1 is 1.02 bits per heavy atom. The molecule has 0 saturated heterocycles. The quantitative estimate of drug-likeness (QED) is 0.306. The van der Waals surface area contributed by atoms with E-state index in [-0.39, 0.29) is 18.1 Å². The van der Waals surface area contributed by atoms with Crippen LogP contribution in [0, 0.1) is 0 Å². The summed E-state index contributed by atoms with van der Waals surface area (Å²) in [5.41, 5.74) is 13.2. The third-order valence-electron chi connectivity index (χ3n) is 7.42. The lowest BCUT2D eigenvalue weighted by atomic mass is 10.0. The average Bonchev–Trinajstić information content (AvgIpc) is 3.07. The predicted molar refractivity (Wildman–Crippen MR) is 156 cm³/mol. The number of hydrogen-bond donors (Lipinski definition) is 3. The highest BCUT2D eigenvalue weighted by molar-refractivity contribution is 5.68. The van der Waals surface area contributed by atoms with Crippen LogP contribution in [-0.2, 0) is 30.4 Å². The Hall–Kier alpha value is -4.54. The largest absolute Gasteiger partial charge is 0.444 e. The van der Waals surface area contributed by atoms with E-state index in [1.54, 1.807) is 0 Å². The van der Waals surface area contributed by atoms with Crippen molar-refractivity contribution < 1.29 is 9.53 Å². The lowest BCUT2D eigenvalue weighted by molar-refractivity contribution is 0.0500. The van der Waals surface area contributed by atoms with Gasteiger partial charge >= 0.3 is 6.09 Å². The minimum Gasteiger partial charge on any atom is -0.444 e. The Labute approximate surface area is 239 Å². The molecule has 4 N–H and O–H groups in total. The number of benzene rings is 1. The van der Waals surface area contributed by atoms with Crippen LogP contribution in [0.3, 0.4) is 0 Å². The number of aryl methyl sites for hydroxylation is 4. The molecule has 2 aliphatic carbocycles. The molecular weight excluding hydrogens is 518 g/mol. The maximum atomic E-state index is 12.3. The molecule has 0 fully saturated rings. The molecule has 3 aromatic heterocycles. The Bertz CT molecular complexity index is 1590. The molecule has 11 heteroatoms. The van der Waals surface area contributed by atoms with E-state index in [9.17, 15) is 4.79 Å². The highest BCUT2D eigenvalue weighted by Gasteiger charge is 2.23. The summed E-state index contributed by atoms with van der Waals surface area (Å²) in [7, 11) is 0. The molecule has 2 aliphatic rings. The number of alkyl carbamates (subject to hydrolysis) is 1. The Balaban J connectivity index is 1.16. The molecule has 6 rings (SSSR count). The maximum Gasteiger partial charge on any atom is 0.407 e.